The summed E-state index contributed by atoms with van der Waals surface area (Å²) in [4.78, 5) is 28.3. The van der Waals surface area contributed by atoms with Crippen molar-refractivity contribution in [3.8, 4) is 0 Å². The number of carboxylic acid groups (broad SMARTS) is 1. The van der Waals surface area contributed by atoms with E-state index in [-0.39, 0.29) is 11.8 Å². The Morgan fingerprint density at radius 3 is 2.87 bits per heavy atom. The number of nitrogens with zero attached hydrogens (tertiary/aromatic N) is 1. The Balaban J connectivity index is 1.76. The van der Waals surface area contributed by atoms with Crippen LogP contribution in [0.5, 0.6) is 0 Å². The highest BCUT2D eigenvalue weighted by Crippen LogP contribution is 2.31. The molecule has 23 heavy (non-hydrogen) atoms. The minimum Gasteiger partial charge on any atom is -0.480 e. The van der Waals surface area contributed by atoms with Crippen LogP contribution >= 0.6 is 11.8 Å². The number of aliphatic imine (C=N–C) groups is 1. The fourth-order valence-electron chi connectivity index (χ4n) is 2.93. The molecular formula is C16H18N2O4S. The third-order valence-corrected chi connectivity index (χ3v) is 5.00. The molecule has 2 aliphatic rings. The fraction of sp³-hybridized carbons (Fsp3) is 0.438. The van der Waals surface area contributed by atoms with Crippen LogP contribution in [0.3, 0.4) is 0 Å². The summed E-state index contributed by atoms with van der Waals surface area (Å²) < 4.78 is 5.19. The average molecular weight is 334 g/mol. The average Bonchev–Trinajstić information content (AvgIpc) is 3.16. The number of amidine groups is 1. The normalized spacial score (nSPS) is 24.1. The zero-order chi connectivity index (χ0) is 16.2. The van der Waals surface area contributed by atoms with E-state index in [1.807, 2.05) is 0 Å². The predicted molar refractivity (Wildman–Crippen MR) is 87.9 cm³/mol. The van der Waals surface area contributed by atoms with Crippen LogP contribution in [0.25, 0.3) is 6.08 Å². The number of carbonyl (C=O) groups is 2. The third kappa shape index (κ3) is 3.85. The minimum atomic E-state index is -0.928. The standard InChI is InChI=1S/C16H18N2O4S/c19-14-12(9-11-7-4-8-22-11)23-16(18-14)17-13(15(20)21)10-5-2-1-3-6-10/h4,7-10,13H,1-3,5-6H2,(H,20,21)(H,17,18,19)/b12-9+/t13-/m0/s1. The maximum absolute atomic E-state index is 12.0. The van der Waals surface area contributed by atoms with E-state index in [4.69, 9.17) is 4.42 Å². The molecule has 1 amide bonds. The van der Waals surface area contributed by atoms with Crippen molar-refractivity contribution in [2.45, 2.75) is 38.1 Å². The van der Waals surface area contributed by atoms with Crippen LogP contribution in [-0.2, 0) is 9.59 Å². The predicted octanol–water partition coefficient (Wildman–Crippen LogP) is 2.87. The van der Waals surface area contributed by atoms with Crippen molar-refractivity contribution in [3.05, 3.63) is 29.1 Å². The number of nitrogens with one attached hydrogen (secondary N) is 1. The first-order chi connectivity index (χ1) is 11.1. The molecule has 122 valence electrons. The van der Waals surface area contributed by atoms with E-state index in [0.717, 1.165) is 43.9 Å². The van der Waals surface area contributed by atoms with Crippen molar-refractivity contribution in [2.75, 3.05) is 0 Å². The molecule has 1 saturated heterocycles. The number of hydrogen-bond acceptors (Lipinski definition) is 5. The van der Waals surface area contributed by atoms with Gasteiger partial charge >= 0.3 is 5.97 Å². The maximum Gasteiger partial charge on any atom is 0.328 e. The van der Waals surface area contributed by atoms with Crippen LogP contribution < -0.4 is 5.32 Å². The second-order valence-corrected chi connectivity index (χ2v) is 6.73. The molecule has 1 aliphatic heterocycles. The van der Waals surface area contributed by atoms with E-state index in [9.17, 15) is 14.7 Å². The number of thioether (sulfide) groups is 1. The van der Waals surface area contributed by atoms with Crippen LogP contribution in [-0.4, -0.2) is 28.2 Å². The summed E-state index contributed by atoms with van der Waals surface area (Å²) in [7, 11) is 0. The second kappa shape index (κ2) is 7.04. The first-order valence-corrected chi connectivity index (χ1v) is 8.50. The molecular weight excluding hydrogens is 316 g/mol. The Morgan fingerprint density at radius 2 is 2.22 bits per heavy atom. The molecule has 2 heterocycles. The van der Waals surface area contributed by atoms with Gasteiger partial charge in [-0.05, 0) is 42.7 Å². The van der Waals surface area contributed by atoms with Gasteiger partial charge in [-0.15, -0.1) is 0 Å². The molecule has 0 spiro atoms. The summed E-state index contributed by atoms with van der Waals surface area (Å²) in [5.41, 5.74) is 0. The van der Waals surface area contributed by atoms with E-state index >= 15 is 0 Å². The monoisotopic (exact) mass is 334 g/mol. The molecule has 2 fully saturated rings. The van der Waals surface area contributed by atoms with E-state index in [1.54, 1.807) is 18.2 Å². The summed E-state index contributed by atoms with van der Waals surface area (Å²) >= 11 is 1.15. The van der Waals surface area contributed by atoms with Gasteiger partial charge < -0.3 is 14.8 Å². The van der Waals surface area contributed by atoms with E-state index in [1.165, 1.54) is 6.26 Å². The zero-order valence-electron chi connectivity index (χ0n) is 12.5. The molecule has 1 atom stereocenters. The number of amides is 1. The Labute approximate surface area is 138 Å². The van der Waals surface area contributed by atoms with Crippen molar-refractivity contribution >= 4 is 34.9 Å². The molecule has 0 unspecified atom stereocenters. The molecule has 2 N–H and O–H groups in total. The van der Waals surface area contributed by atoms with Crippen molar-refractivity contribution < 1.29 is 19.1 Å². The highest BCUT2D eigenvalue weighted by Gasteiger charge is 2.32. The molecule has 3 rings (SSSR count). The number of furan rings is 1. The molecule has 1 aromatic heterocycles. The summed E-state index contributed by atoms with van der Waals surface area (Å²) in [5, 5.41) is 12.5. The molecule has 7 heteroatoms. The van der Waals surface area contributed by atoms with Gasteiger partial charge in [-0.25, -0.2) is 9.79 Å². The third-order valence-electron chi connectivity index (χ3n) is 4.07. The highest BCUT2D eigenvalue weighted by molar-refractivity contribution is 8.18. The van der Waals surface area contributed by atoms with Crippen LogP contribution in [0, 0.1) is 5.92 Å². The van der Waals surface area contributed by atoms with Crippen LogP contribution in [0.2, 0.25) is 0 Å². The van der Waals surface area contributed by atoms with Gasteiger partial charge in [-0.3, -0.25) is 4.79 Å². The van der Waals surface area contributed by atoms with Crippen LogP contribution in [0.1, 0.15) is 37.9 Å². The van der Waals surface area contributed by atoms with Gasteiger partial charge in [-0.2, -0.15) is 0 Å². The van der Waals surface area contributed by atoms with Crippen molar-refractivity contribution in [1.29, 1.82) is 0 Å². The van der Waals surface area contributed by atoms with E-state index in [0.29, 0.717) is 15.8 Å². The Kier molecular flexibility index (Phi) is 4.85. The quantitative estimate of drug-likeness (QED) is 0.826. The first-order valence-electron chi connectivity index (χ1n) is 7.68. The molecule has 0 bridgehead atoms. The zero-order valence-corrected chi connectivity index (χ0v) is 13.3. The van der Waals surface area contributed by atoms with Gasteiger partial charge in [0.2, 0.25) is 0 Å². The van der Waals surface area contributed by atoms with Gasteiger partial charge in [0.25, 0.3) is 5.91 Å². The lowest BCUT2D eigenvalue weighted by atomic mass is 9.84. The molecule has 1 saturated carbocycles. The molecule has 6 nitrogen and oxygen atoms in total. The molecule has 1 aliphatic carbocycles. The number of aliphatic carboxylic acids is 1. The summed E-state index contributed by atoms with van der Waals surface area (Å²) in [6.07, 6.45) is 8.15. The summed E-state index contributed by atoms with van der Waals surface area (Å²) in [6, 6.07) is 2.70. The van der Waals surface area contributed by atoms with E-state index < -0.39 is 12.0 Å². The largest absolute Gasteiger partial charge is 0.480 e. The number of rotatable bonds is 4. The molecule has 1 aromatic rings. The topological polar surface area (TPSA) is 91.9 Å². The fourth-order valence-corrected chi connectivity index (χ4v) is 3.77. The van der Waals surface area contributed by atoms with Crippen molar-refractivity contribution in [2.24, 2.45) is 10.9 Å². The summed E-state index contributed by atoms with van der Waals surface area (Å²) in [5.74, 6) is -0.587. The maximum atomic E-state index is 12.0. The Morgan fingerprint density at radius 1 is 1.43 bits per heavy atom. The lowest BCUT2D eigenvalue weighted by Crippen LogP contribution is -2.32. The lowest BCUT2D eigenvalue weighted by molar-refractivity contribution is -0.140. The van der Waals surface area contributed by atoms with Crippen molar-refractivity contribution in [3.63, 3.8) is 0 Å². The SMILES string of the molecule is O=C1NC(=N[C@H](C(=O)O)C2CCCCC2)S/C1=C/c1ccco1. The Hall–Kier alpha value is -2.02. The second-order valence-electron chi connectivity index (χ2n) is 5.70. The van der Waals surface area contributed by atoms with Crippen LogP contribution in [0.15, 0.2) is 32.7 Å². The number of carbonyl (C=O) groups excluding carboxylic acids is 1. The van der Waals surface area contributed by atoms with Crippen molar-refractivity contribution in [1.82, 2.24) is 5.32 Å². The van der Waals surface area contributed by atoms with E-state index in [2.05, 4.69) is 10.3 Å². The van der Waals surface area contributed by atoms with Gasteiger partial charge in [0.15, 0.2) is 11.2 Å². The number of hydrogen-bond donors (Lipinski definition) is 2. The molecule has 0 aromatic carbocycles. The van der Waals surface area contributed by atoms with Gasteiger partial charge in [0.05, 0.1) is 11.2 Å². The lowest BCUT2D eigenvalue weighted by Gasteiger charge is -2.25. The molecule has 0 radical (unpaired) electrons. The highest BCUT2D eigenvalue weighted by atomic mass is 32.2. The van der Waals surface area contributed by atoms with Gasteiger partial charge in [0, 0.05) is 6.08 Å². The number of carboxylic acids is 1. The van der Waals surface area contributed by atoms with Gasteiger partial charge in [0.1, 0.15) is 5.76 Å². The smallest absolute Gasteiger partial charge is 0.328 e. The van der Waals surface area contributed by atoms with Gasteiger partial charge in [-0.1, -0.05) is 19.3 Å². The first kappa shape index (κ1) is 15.9. The summed E-state index contributed by atoms with van der Waals surface area (Å²) in [6.45, 7) is 0. The van der Waals surface area contributed by atoms with Crippen LogP contribution in [0.4, 0.5) is 0 Å². The Bertz CT molecular complexity index is 645. The minimum absolute atomic E-state index is 0.0457.